The van der Waals surface area contributed by atoms with Crippen molar-refractivity contribution in [3.05, 3.63) is 46.4 Å². The van der Waals surface area contributed by atoms with Gasteiger partial charge in [0.15, 0.2) is 0 Å². The van der Waals surface area contributed by atoms with Gasteiger partial charge in [-0.25, -0.2) is 4.98 Å². The molecule has 0 aliphatic carbocycles. The second kappa shape index (κ2) is 5.59. The van der Waals surface area contributed by atoms with Crippen molar-refractivity contribution in [3.63, 3.8) is 0 Å². The van der Waals surface area contributed by atoms with Crippen molar-refractivity contribution < 1.29 is 9.53 Å². The molecule has 0 aliphatic heterocycles. The molecule has 4 heteroatoms. The van der Waals surface area contributed by atoms with E-state index in [2.05, 4.69) is 4.98 Å². The average molecular weight is 247 g/mol. The van der Waals surface area contributed by atoms with Crippen LogP contribution < -0.4 is 4.74 Å². The lowest BCUT2D eigenvalue weighted by Crippen LogP contribution is -2.04. The van der Waals surface area contributed by atoms with E-state index in [4.69, 9.17) is 4.74 Å². The number of nitrogens with zero attached hydrogens (tertiary/aromatic N) is 1. The van der Waals surface area contributed by atoms with Crippen LogP contribution >= 0.6 is 11.3 Å². The number of aldehydes is 1. The van der Waals surface area contributed by atoms with Gasteiger partial charge in [-0.1, -0.05) is 12.1 Å². The Bertz CT molecular complexity index is 482. The Hall–Kier alpha value is -1.68. The largest absolute Gasteiger partial charge is 0.497 e. The van der Waals surface area contributed by atoms with Crippen LogP contribution in [0.15, 0.2) is 35.8 Å². The van der Waals surface area contributed by atoms with Crippen molar-refractivity contribution in [1.29, 1.82) is 0 Å². The Kier molecular flexibility index (Phi) is 3.88. The first kappa shape index (κ1) is 11.8. The van der Waals surface area contributed by atoms with Crippen LogP contribution in [0, 0.1) is 0 Å². The highest BCUT2D eigenvalue weighted by Gasteiger charge is 2.14. The van der Waals surface area contributed by atoms with Crippen LogP contribution in [0.25, 0.3) is 0 Å². The standard InChI is InChI=1S/C13H13NO2S/c1-16-12-4-2-3-10(8-12)7-11(9-15)13-14-5-6-17-13/h2-6,8-9,11H,7H2,1H3. The Balaban J connectivity index is 2.15. The van der Waals surface area contributed by atoms with Gasteiger partial charge in [0.25, 0.3) is 0 Å². The fraction of sp³-hybridized carbons (Fsp3) is 0.231. The van der Waals surface area contributed by atoms with Gasteiger partial charge in [0.1, 0.15) is 17.0 Å². The smallest absolute Gasteiger partial charge is 0.130 e. The van der Waals surface area contributed by atoms with Crippen molar-refractivity contribution in [1.82, 2.24) is 4.98 Å². The zero-order valence-corrected chi connectivity index (χ0v) is 10.3. The van der Waals surface area contributed by atoms with E-state index in [1.165, 1.54) is 11.3 Å². The van der Waals surface area contributed by atoms with Gasteiger partial charge >= 0.3 is 0 Å². The fourth-order valence-corrected chi connectivity index (χ4v) is 2.36. The van der Waals surface area contributed by atoms with Gasteiger partial charge < -0.3 is 9.53 Å². The molecule has 2 rings (SSSR count). The molecule has 1 aromatic heterocycles. The summed E-state index contributed by atoms with van der Waals surface area (Å²) in [6.45, 7) is 0. The maximum absolute atomic E-state index is 11.1. The Morgan fingerprint density at radius 3 is 3.06 bits per heavy atom. The van der Waals surface area contributed by atoms with E-state index in [0.717, 1.165) is 22.6 Å². The third-order valence-corrected chi connectivity index (χ3v) is 3.43. The molecule has 1 atom stereocenters. The zero-order valence-electron chi connectivity index (χ0n) is 9.50. The summed E-state index contributed by atoms with van der Waals surface area (Å²) < 4.78 is 5.16. The lowest BCUT2D eigenvalue weighted by molar-refractivity contribution is -0.109. The number of aromatic nitrogens is 1. The number of ether oxygens (including phenoxy) is 1. The fourth-order valence-electron chi connectivity index (χ4n) is 1.66. The van der Waals surface area contributed by atoms with Gasteiger partial charge in [0.2, 0.25) is 0 Å². The van der Waals surface area contributed by atoms with Gasteiger partial charge in [-0.2, -0.15) is 0 Å². The third-order valence-electron chi connectivity index (χ3n) is 2.52. The minimum atomic E-state index is -0.165. The van der Waals surface area contributed by atoms with Crippen molar-refractivity contribution >= 4 is 17.6 Å². The van der Waals surface area contributed by atoms with E-state index >= 15 is 0 Å². The molecule has 0 bridgehead atoms. The number of hydrogen-bond acceptors (Lipinski definition) is 4. The summed E-state index contributed by atoms with van der Waals surface area (Å²) in [5.41, 5.74) is 1.08. The molecule has 1 heterocycles. The predicted molar refractivity (Wildman–Crippen MR) is 67.6 cm³/mol. The molecule has 0 fully saturated rings. The summed E-state index contributed by atoms with van der Waals surface area (Å²) in [5.74, 6) is 0.647. The number of carbonyl (C=O) groups is 1. The summed E-state index contributed by atoms with van der Waals surface area (Å²) in [7, 11) is 1.64. The molecule has 2 aromatic rings. The van der Waals surface area contributed by atoms with E-state index in [1.807, 2.05) is 29.6 Å². The number of hydrogen-bond donors (Lipinski definition) is 0. The first-order valence-electron chi connectivity index (χ1n) is 5.31. The van der Waals surface area contributed by atoms with Crippen LogP contribution in [0.4, 0.5) is 0 Å². The molecule has 0 saturated carbocycles. The minimum absolute atomic E-state index is 0.165. The van der Waals surface area contributed by atoms with Gasteiger partial charge in [-0.05, 0) is 24.1 Å². The number of thiazole rings is 1. The number of rotatable bonds is 5. The number of carbonyl (C=O) groups excluding carboxylic acids is 1. The summed E-state index contributed by atoms with van der Waals surface area (Å²) >= 11 is 1.51. The topological polar surface area (TPSA) is 39.2 Å². The summed E-state index contributed by atoms with van der Waals surface area (Å²) in [4.78, 5) is 15.3. The van der Waals surface area contributed by atoms with Crippen LogP contribution in [-0.2, 0) is 11.2 Å². The Morgan fingerprint density at radius 2 is 2.41 bits per heavy atom. The Morgan fingerprint density at radius 1 is 1.53 bits per heavy atom. The molecule has 0 aliphatic rings. The second-order valence-corrected chi connectivity index (χ2v) is 4.59. The number of methoxy groups -OCH3 is 1. The van der Waals surface area contributed by atoms with Gasteiger partial charge in [0, 0.05) is 11.6 Å². The normalized spacial score (nSPS) is 12.1. The highest BCUT2D eigenvalue weighted by atomic mass is 32.1. The monoisotopic (exact) mass is 247 g/mol. The zero-order chi connectivity index (χ0) is 12.1. The lowest BCUT2D eigenvalue weighted by Gasteiger charge is -2.08. The SMILES string of the molecule is COc1cccc(CC(C=O)c2nccs2)c1. The Labute approximate surface area is 104 Å². The van der Waals surface area contributed by atoms with E-state index < -0.39 is 0 Å². The molecule has 88 valence electrons. The second-order valence-electron chi connectivity index (χ2n) is 3.67. The highest BCUT2D eigenvalue weighted by Crippen LogP contribution is 2.22. The predicted octanol–water partition coefficient (Wildman–Crippen LogP) is 2.68. The summed E-state index contributed by atoms with van der Waals surface area (Å²) in [5, 5.41) is 2.75. The summed E-state index contributed by atoms with van der Waals surface area (Å²) in [6, 6.07) is 7.76. The molecule has 1 unspecified atom stereocenters. The third kappa shape index (κ3) is 2.91. The van der Waals surface area contributed by atoms with E-state index in [1.54, 1.807) is 13.3 Å². The van der Waals surface area contributed by atoms with Gasteiger partial charge in [-0.15, -0.1) is 11.3 Å². The molecule has 0 spiro atoms. The highest BCUT2D eigenvalue weighted by molar-refractivity contribution is 7.09. The van der Waals surface area contributed by atoms with E-state index in [0.29, 0.717) is 6.42 Å². The maximum Gasteiger partial charge on any atom is 0.130 e. The molecule has 0 saturated heterocycles. The van der Waals surface area contributed by atoms with Crippen molar-refractivity contribution in [3.8, 4) is 5.75 Å². The molecule has 3 nitrogen and oxygen atoms in total. The van der Waals surface area contributed by atoms with Crippen LogP contribution in [-0.4, -0.2) is 18.4 Å². The van der Waals surface area contributed by atoms with Crippen LogP contribution in [0.1, 0.15) is 16.5 Å². The van der Waals surface area contributed by atoms with Crippen molar-refractivity contribution in [2.24, 2.45) is 0 Å². The lowest BCUT2D eigenvalue weighted by atomic mass is 10.0. The minimum Gasteiger partial charge on any atom is -0.497 e. The maximum atomic E-state index is 11.1. The molecule has 0 N–H and O–H groups in total. The van der Waals surface area contributed by atoms with E-state index in [9.17, 15) is 4.79 Å². The molecule has 0 radical (unpaired) electrons. The van der Waals surface area contributed by atoms with Gasteiger partial charge in [-0.3, -0.25) is 0 Å². The van der Waals surface area contributed by atoms with Crippen LogP contribution in [0.3, 0.4) is 0 Å². The van der Waals surface area contributed by atoms with E-state index in [-0.39, 0.29) is 5.92 Å². The van der Waals surface area contributed by atoms with Crippen molar-refractivity contribution in [2.45, 2.75) is 12.3 Å². The molecular weight excluding hydrogens is 234 g/mol. The first-order valence-corrected chi connectivity index (χ1v) is 6.19. The summed E-state index contributed by atoms with van der Waals surface area (Å²) in [6.07, 6.45) is 3.34. The molecular formula is C13H13NO2S. The number of benzene rings is 1. The first-order chi connectivity index (χ1) is 8.33. The van der Waals surface area contributed by atoms with Crippen LogP contribution in [0.2, 0.25) is 0 Å². The molecule has 0 amide bonds. The quantitative estimate of drug-likeness (QED) is 0.762. The molecule has 1 aromatic carbocycles. The average Bonchev–Trinajstić information content (AvgIpc) is 2.90. The molecule has 17 heavy (non-hydrogen) atoms. The van der Waals surface area contributed by atoms with Crippen LogP contribution in [0.5, 0.6) is 5.75 Å². The van der Waals surface area contributed by atoms with Gasteiger partial charge in [0.05, 0.1) is 13.0 Å². The van der Waals surface area contributed by atoms with Crippen molar-refractivity contribution in [2.75, 3.05) is 7.11 Å².